The minimum absolute atomic E-state index is 0.00644. The van der Waals surface area contributed by atoms with Crippen molar-refractivity contribution in [2.75, 3.05) is 6.54 Å². The van der Waals surface area contributed by atoms with E-state index in [1.807, 2.05) is 0 Å². The van der Waals surface area contributed by atoms with Crippen LogP contribution in [0.3, 0.4) is 0 Å². The van der Waals surface area contributed by atoms with Gasteiger partial charge in [0.25, 0.3) is 5.91 Å². The van der Waals surface area contributed by atoms with Gasteiger partial charge in [0.1, 0.15) is 0 Å². The van der Waals surface area contributed by atoms with Gasteiger partial charge in [0.2, 0.25) is 10.0 Å². The van der Waals surface area contributed by atoms with Crippen LogP contribution in [0.2, 0.25) is 0 Å². The van der Waals surface area contributed by atoms with Gasteiger partial charge < -0.3 is 10.1 Å². The molecule has 1 saturated carbocycles. The molecule has 0 aliphatic heterocycles. The summed E-state index contributed by atoms with van der Waals surface area (Å²) in [6, 6.07) is 5.66. The molecule has 0 radical (unpaired) electrons. The van der Waals surface area contributed by atoms with Crippen molar-refractivity contribution in [3.8, 4) is 0 Å². The number of hydrogen-bond acceptors (Lipinski definition) is 6. The number of sulfonamides is 1. The highest BCUT2D eigenvalue weighted by atomic mass is 32.2. The maximum Gasteiger partial charge on any atom is 0.307 e. The molecular formula is C17H22N2O6S. The molecule has 1 amide bonds. The van der Waals surface area contributed by atoms with Crippen molar-refractivity contribution in [2.24, 2.45) is 0 Å². The number of carbonyl (C=O) groups is 3. The van der Waals surface area contributed by atoms with Gasteiger partial charge in [0.15, 0.2) is 11.9 Å². The topological polar surface area (TPSA) is 119 Å². The monoisotopic (exact) mass is 382 g/mol. The second-order valence-electron chi connectivity index (χ2n) is 6.14. The van der Waals surface area contributed by atoms with E-state index < -0.39 is 22.1 Å². The van der Waals surface area contributed by atoms with Crippen molar-refractivity contribution in [3.63, 3.8) is 0 Å². The zero-order chi connectivity index (χ0) is 19.3. The minimum atomic E-state index is -3.80. The molecule has 0 saturated heterocycles. The maximum absolute atomic E-state index is 12.1. The first kappa shape index (κ1) is 20.1. The second-order valence-corrected chi connectivity index (χ2v) is 7.91. The Balaban J connectivity index is 1.78. The Morgan fingerprint density at radius 1 is 1.19 bits per heavy atom. The van der Waals surface area contributed by atoms with E-state index in [0.29, 0.717) is 5.56 Å². The Hall–Kier alpha value is -2.26. The lowest BCUT2D eigenvalue weighted by Gasteiger charge is -2.13. The quantitative estimate of drug-likeness (QED) is 0.481. The predicted octanol–water partition coefficient (Wildman–Crippen LogP) is 0.768. The predicted molar refractivity (Wildman–Crippen MR) is 93.0 cm³/mol. The van der Waals surface area contributed by atoms with Crippen LogP contribution < -0.4 is 10.0 Å². The number of amides is 1. The van der Waals surface area contributed by atoms with Crippen LogP contribution in [0.1, 0.15) is 43.5 Å². The van der Waals surface area contributed by atoms with E-state index in [1.54, 1.807) is 0 Å². The van der Waals surface area contributed by atoms with E-state index in [4.69, 9.17) is 4.74 Å². The molecule has 0 unspecified atom stereocenters. The van der Waals surface area contributed by atoms with Gasteiger partial charge >= 0.3 is 5.97 Å². The SMILES string of the molecule is CC(=O)c1ccc(S(=O)(=O)NCCC(=O)O[C@@H](C)C(=O)NC2CC2)cc1. The van der Waals surface area contributed by atoms with Gasteiger partial charge in [-0.2, -0.15) is 0 Å². The zero-order valence-corrected chi connectivity index (χ0v) is 15.5. The van der Waals surface area contributed by atoms with Crippen LogP contribution in [-0.4, -0.2) is 44.8 Å². The standard InChI is InChI=1S/C17H22N2O6S/c1-11(20)13-3-7-15(8-4-13)26(23,24)18-10-9-16(21)25-12(2)17(22)19-14-5-6-14/h3-4,7-8,12,14,18H,5-6,9-10H2,1-2H3,(H,19,22)/t12-/m0/s1. The molecule has 1 fully saturated rings. The van der Waals surface area contributed by atoms with E-state index in [1.165, 1.54) is 38.1 Å². The number of nitrogens with one attached hydrogen (secondary N) is 2. The number of esters is 1. The van der Waals surface area contributed by atoms with Gasteiger partial charge in [0.05, 0.1) is 11.3 Å². The summed E-state index contributed by atoms with van der Waals surface area (Å²) in [5.41, 5.74) is 0.408. The zero-order valence-electron chi connectivity index (χ0n) is 14.7. The molecule has 0 spiro atoms. The molecule has 26 heavy (non-hydrogen) atoms. The van der Waals surface area contributed by atoms with Gasteiger partial charge in [0, 0.05) is 18.2 Å². The molecule has 8 nitrogen and oxygen atoms in total. The van der Waals surface area contributed by atoms with Crippen molar-refractivity contribution < 1.29 is 27.5 Å². The highest BCUT2D eigenvalue weighted by Crippen LogP contribution is 2.18. The molecule has 142 valence electrons. The number of rotatable bonds is 9. The third-order valence-corrected chi connectivity index (χ3v) is 5.27. The molecule has 1 aliphatic carbocycles. The smallest absolute Gasteiger partial charge is 0.307 e. The van der Waals surface area contributed by atoms with Crippen LogP contribution in [0.15, 0.2) is 29.2 Å². The van der Waals surface area contributed by atoms with Crippen molar-refractivity contribution in [2.45, 2.75) is 50.2 Å². The number of hydrogen-bond donors (Lipinski definition) is 2. The summed E-state index contributed by atoms with van der Waals surface area (Å²) in [5, 5.41) is 2.72. The molecule has 0 heterocycles. The molecule has 1 aromatic rings. The maximum atomic E-state index is 12.1. The Labute approximate surface area is 152 Å². The first-order valence-electron chi connectivity index (χ1n) is 8.29. The van der Waals surface area contributed by atoms with Crippen LogP contribution >= 0.6 is 0 Å². The van der Waals surface area contributed by atoms with E-state index in [-0.39, 0.29) is 35.6 Å². The molecule has 1 atom stereocenters. The third-order valence-electron chi connectivity index (χ3n) is 3.79. The lowest BCUT2D eigenvalue weighted by molar-refractivity contribution is -0.154. The minimum Gasteiger partial charge on any atom is -0.453 e. The lowest BCUT2D eigenvalue weighted by atomic mass is 10.2. The Morgan fingerprint density at radius 3 is 2.35 bits per heavy atom. The van der Waals surface area contributed by atoms with Crippen LogP contribution in [0.25, 0.3) is 0 Å². The highest BCUT2D eigenvalue weighted by molar-refractivity contribution is 7.89. The summed E-state index contributed by atoms with van der Waals surface area (Å²) in [7, 11) is -3.80. The van der Waals surface area contributed by atoms with Gasteiger partial charge in [-0.1, -0.05) is 12.1 Å². The van der Waals surface area contributed by atoms with Crippen molar-refractivity contribution in [1.82, 2.24) is 10.0 Å². The van der Waals surface area contributed by atoms with Gasteiger partial charge in [-0.3, -0.25) is 14.4 Å². The molecule has 1 aliphatic rings. The molecule has 9 heteroatoms. The number of ketones is 1. The van der Waals surface area contributed by atoms with Crippen molar-refractivity contribution in [3.05, 3.63) is 29.8 Å². The van der Waals surface area contributed by atoms with E-state index in [9.17, 15) is 22.8 Å². The number of Topliss-reactive ketones (excluding diaryl/α,β-unsaturated/α-hetero) is 1. The normalized spacial score (nSPS) is 15.2. The fourth-order valence-corrected chi connectivity index (χ4v) is 3.13. The fourth-order valence-electron chi connectivity index (χ4n) is 2.10. The van der Waals surface area contributed by atoms with Crippen molar-refractivity contribution in [1.29, 1.82) is 0 Å². The molecule has 0 aromatic heterocycles. The number of carbonyl (C=O) groups excluding carboxylic acids is 3. The van der Waals surface area contributed by atoms with Gasteiger partial charge in [-0.05, 0) is 38.8 Å². The van der Waals surface area contributed by atoms with Gasteiger partial charge in [-0.25, -0.2) is 13.1 Å². The van der Waals surface area contributed by atoms with E-state index in [2.05, 4.69) is 10.0 Å². The van der Waals surface area contributed by atoms with Crippen LogP contribution in [-0.2, 0) is 24.3 Å². The summed E-state index contributed by atoms with van der Waals surface area (Å²) in [6.45, 7) is 2.70. The molecule has 0 bridgehead atoms. The first-order chi connectivity index (χ1) is 12.2. The van der Waals surface area contributed by atoms with Crippen LogP contribution in [0, 0.1) is 0 Å². The summed E-state index contributed by atoms with van der Waals surface area (Å²) in [4.78, 5) is 34.6. The summed E-state index contributed by atoms with van der Waals surface area (Å²) in [6.07, 6.45) is 0.744. The lowest BCUT2D eigenvalue weighted by Crippen LogP contribution is -2.37. The van der Waals surface area contributed by atoms with E-state index in [0.717, 1.165) is 12.8 Å². The van der Waals surface area contributed by atoms with Crippen molar-refractivity contribution >= 4 is 27.7 Å². The summed E-state index contributed by atoms with van der Waals surface area (Å²) >= 11 is 0. The van der Waals surface area contributed by atoms with Crippen LogP contribution in [0.5, 0.6) is 0 Å². The van der Waals surface area contributed by atoms with E-state index >= 15 is 0 Å². The Kier molecular flexibility index (Phi) is 6.49. The second kappa shape index (κ2) is 8.41. The summed E-state index contributed by atoms with van der Waals surface area (Å²) in [5.74, 6) is -1.19. The number of ether oxygens (including phenoxy) is 1. The highest BCUT2D eigenvalue weighted by Gasteiger charge is 2.27. The average Bonchev–Trinajstić information content (AvgIpc) is 3.38. The molecule has 2 rings (SSSR count). The van der Waals surface area contributed by atoms with Crippen LogP contribution in [0.4, 0.5) is 0 Å². The Bertz CT molecular complexity index is 784. The third kappa shape index (κ3) is 5.92. The number of benzene rings is 1. The molecule has 2 N–H and O–H groups in total. The Morgan fingerprint density at radius 2 is 1.81 bits per heavy atom. The fraction of sp³-hybridized carbons (Fsp3) is 0.471. The first-order valence-corrected chi connectivity index (χ1v) is 9.78. The largest absolute Gasteiger partial charge is 0.453 e. The molecular weight excluding hydrogens is 360 g/mol. The summed E-state index contributed by atoms with van der Waals surface area (Å²) < 4.78 is 31.5. The molecule has 1 aromatic carbocycles. The van der Waals surface area contributed by atoms with Gasteiger partial charge in [-0.15, -0.1) is 0 Å². The average molecular weight is 382 g/mol.